The van der Waals surface area contributed by atoms with Gasteiger partial charge in [-0.3, -0.25) is 0 Å². The summed E-state index contributed by atoms with van der Waals surface area (Å²) in [7, 11) is 0. The fourth-order valence-electron chi connectivity index (χ4n) is 1.97. The molecule has 1 aliphatic carbocycles. The van der Waals surface area contributed by atoms with Crippen LogP contribution >= 0.6 is 11.6 Å². The molecule has 0 bridgehead atoms. The zero-order chi connectivity index (χ0) is 14.8. The molecule has 2 aromatic carbocycles. The van der Waals surface area contributed by atoms with Crippen molar-refractivity contribution in [1.82, 2.24) is 5.32 Å². The van der Waals surface area contributed by atoms with Gasteiger partial charge in [0.2, 0.25) is 5.82 Å². The first-order valence-corrected chi connectivity index (χ1v) is 7.15. The summed E-state index contributed by atoms with van der Waals surface area (Å²) in [5.41, 5.74) is 0.954. The number of hydrogen-bond donors (Lipinski definition) is 1. The molecule has 1 N–H and O–H groups in total. The quantitative estimate of drug-likeness (QED) is 0.867. The summed E-state index contributed by atoms with van der Waals surface area (Å²) >= 11 is 6.18. The summed E-state index contributed by atoms with van der Waals surface area (Å²) < 4.78 is 32.0. The second kappa shape index (κ2) is 6.00. The summed E-state index contributed by atoms with van der Waals surface area (Å²) in [4.78, 5) is 0. The van der Waals surface area contributed by atoms with Crippen LogP contribution in [0.3, 0.4) is 0 Å². The Morgan fingerprint density at radius 2 is 2.00 bits per heavy atom. The lowest BCUT2D eigenvalue weighted by atomic mass is 10.2. The summed E-state index contributed by atoms with van der Waals surface area (Å²) in [5, 5.41) is 3.90. The lowest BCUT2D eigenvalue weighted by molar-refractivity contribution is 0.416. The Morgan fingerprint density at radius 3 is 2.71 bits per heavy atom. The van der Waals surface area contributed by atoms with Gasteiger partial charge in [-0.2, -0.15) is 4.39 Å². The van der Waals surface area contributed by atoms with Crippen LogP contribution in [0, 0.1) is 11.6 Å². The molecule has 1 aliphatic rings. The third-order valence-corrected chi connectivity index (χ3v) is 3.68. The third kappa shape index (κ3) is 3.52. The van der Waals surface area contributed by atoms with Gasteiger partial charge in [-0.15, -0.1) is 0 Å². The molecule has 21 heavy (non-hydrogen) atoms. The molecular weight excluding hydrogens is 296 g/mol. The molecule has 0 heterocycles. The molecule has 5 heteroatoms. The maximum atomic E-state index is 13.5. The Kier molecular flexibility index (Phi) is 4.08. The number of halogens is 3. The summed E-state index contributed by atoms with van der Waals surface area (Å²) in [5.74, 6) is -1.73. The average Bonchev–Trinajstić information content (AvgIpc) is 3.27. The molecular formula is C16H14ClF2NO. The molecule has 0 unspecified atom stereocenters. The highest BCUT2D eigenvalue weighted by Crippen LogP contribution is 2.29. The first-order valence-electron chi connectivity index (χ1n) is 6.77. The highest BCUT2D eigenvalue weighted by Gasteiger charge is 2.20. The highest BCUT2D eigenvalue weighted by atomic mass is 35.5. The molecule has 0 amide bonds. The predicted octanol–water partition coefficient (Wildman–Crippen LogP) is 4.66. The standard InChI is InChI=1S/C16H14ClF2NO/c17-13-8-12(7-4-10(13)9-20-11-5-6-11)21-15-3-1-2-14(18)16(15)19/h1-4,7-8,11,20H,5-6,9H2. The van der Waals surface area contributed by atoms with Crippen molar-refractivity contribution in [2.75, 3.05) is 0 Å². The van der Waals surface area contributed by atoms with Gasteiger partial charge in [-0.1, -0.05) is 23.7 Å². The monoisotopic (exact) mass is 309 g/mol. The van der Waals surface area contributed by atoms with E-state index in [1.54, 1.807) is 12.1 Å². The number of benzene rings is 2. The van der Waals surface area contributed by atoms with Crippen molar-refractivity contribution < 1.29 is 13.5 Å². The molecule has 3 rings (SSSR count). The molecule has 0 aliphatic heterocycles. The molecule has 0 atom stereocenters. The number of rotatable bonds is 5. The van der Waals surface area contributed by atoms with E-state index < -0.39 is 11.6 Å². The van der Waals surface area contributed by atoms with Crippen molar-refractivity contribution in [2.24, 2.45) is 0 Å². The van der Waals surface area contributed by atoms with Crippen LogP contribution in [0.4, 0.5) is 8.78 Å². The van der Waals surface area contributed by atoms with Crippen molar-refractivity contribution in [1.29, 1.82) is 0 Å². The molecule has 2 aromatic rings. The van der Waals surface area contributed by atoms with Gasteiger partial charge in [0, 0.05) is 17.6 Å². The predicted molar refractivity (Wildman–Crippen MR) is 77.7 cm³/mol. The van der Waals surface area contributed by atoms with Crippen molar-refractivity contribution in [3.8, 4) is 11.5 Å². The largest absolute Gasteiger partial charge is 0.454 e. The van der Waals surface area contributed by atoms with Gasteiger partial charge in [0.1, 0.15) is 5.75 Å². The van der Waals surface area contributed by atoms with Crippen molar-refractivity contribution in [2.45, 2.75) is 25.4 Å². The Balaban J connectivity index is 1.73. The third-order valence-electron chi connectivity index (χ3n) is 3.33. The highest BCUT2D eigenvalue weighted by molar-refractivity contribution is 6.31. The first kappa shape index (κ1) is 14.3. The van der Waals surface area contributed by atoms with Crippen LogP contribution in [0.25, 0.3) is 0 Å². The van der Waals surface area contributed by atoms with Crippen LogP contribution in [0.15, 0.2) is 36.4 Å². The van der Waals surface area contributed by atoms with Crippen LogP contribution in [0.1, 0.15) is 18.4 Å². The van der Waals surface area contributed by atoms with Crippen LogP contribution < -0.4 is 10.1 Å². The van der Waals surface area contributed by atoms with Crippen LogP contribution in [0.2, 0.25) is 5.02 Å². The lowest BCUT2D eigenvalue weighted by Gasteiger charge is -2.10. The van der Waals surface area contributed by atoms with Gasteiger partial charge in [0.05, 0.1) is 0 Å². The van der Waals surface area contributed by atoms with Crippen molar-refractivity contribution >= 4 is 11.6 Å². The normalized spacial score (nSPS) is 14.2. The topological polar surface area (TPSA) is 21.3 Å². The number of ether oxygens (including phenoxy) is 1. The maximum absolute atomic E-state index is 13.5. The first-order chi connectivity index (χ1) is 10.1. The summed E-state index contributed by atoms with van der Waals surface area (Å²) in [6.45, 7) is 0.693. The van der Waals surface area contributed by atoms with Gasteiger partial charge < -0.3 is 10.1 Å². The average molecular weight is 310 g/mol. The van der Waals surface area contributed by atoms with Crippen LogP contribution in [-0.4, -0.2) is 6.04 Å². The van der Waals surface area contributed by atoms with Crippen molar-refractivity contribution in [3.05, 3.63) is 58.6 Å². The van der Waals surface area contributed by atoms with Gasteiger partial charge in [0.15, 0.2) is 11.6 Å². The molecule has 1 saturated carbocycles. The Labute approximate surface area is 126 Å². The summed E-state index contributed by atoms with van der Waals surface area (Å²) in [6.07, 6.45) is 2.41. The van der Waals surface area contributed by atoms with Crippen LogP contribution in [0.5, 0.6) is 11.5 Å². The van der Waals surface area contributed by atoms with E-state index in [4.69, 9.17) is 16.3 Å². The molecule has 0 radical (unpaired) electrons. The minimum atomic E-state index is -1.01. The molecule has 0 spiro atoms. The second-order valence-corrected chi connectivity index (χ2v) is 5.47. The second-order valence-electron chi connectivity index (χ2n) is 5.06. The molecule has 2 nitrogen and oxygen atoms in total. The fraction of sp³-hybridized carbons (Fsp3) is 0.250. The molecule has 0 saturated heterocycles. The van der Waals surface area contributed by atoms with E-state index in [2.05, 4.69) is 5.32 Å². The van der Waals surface area contributed by atoms with Crippen molar-refractivity contribution in [3.63, 3.8) is 0 Å². The smallest absolute Gasteiger partial charge is 0.201 e. The van der Waals surface area contributed by atoms with E-state index in [9.17, 15) is 8.78 Å². The van der Waals surface area contributed by atoms with E-state index in [0.717, 1.165) is 11.6 Å². The zero-order valence-electron chi connectivity index (χ0n) is 11.2. The molecule has 1 fully saturated rings. The number of hydrogen-bond acceptors (Lipinski definition) is 2. The zero-order valence-corrected chi connectivity index (χ0v) is 12.0. The van der Waals surface area contributed by atoms with Crippen LogP contribution in [-0.2, 0) is 6.54 Å². The molecule has 0 aromatic heterocycles. The maximum Gasteiger partial charge on any atom is 0.201 e. The molecule has 110 valence electrons. The van der Waals surface area contributed by atoms with E-state index in [1.807, 2.05) is 6.07 Å². The van der Waals surface area contributed by atoms with Gasteiger partial charge >= 0.3 is 0 Å². The van der Waals surface area contributed by atoms with E-state index in [-0.39, 0.29) is 5.75 Å². The van der Waals surface area contributed by atoms with E-state index in [0.29, 0.717) is 23.4 Å². The minimum absolute atomic E-state index is 0.157. The van der Waals surface area contributed by atoms with E-state index >= 15 is 0 Å². The van der Waals surface area contributed by atoms with Gasteiger partial charge in [-0.05, 0) is 42.7 Å². The van der Waals surface area contributed by atoms with E-state index in [1.165, 1.54) is 25.0 Å². The Hall–Kier alpha value is -1.65. The number of nitrogens with one attached hydrogen (secondary N) is 1. The lowest BCUT2D eigenvalue weighted by Crippen LogP contribution is -2.15. The Bertz CT molecular complexity index is 659. The van der Waals surface area contributed by atoms with Gasteiger partial charge in [0.25, 0.3) is 0 Å². The van der Waals surface area contributed by atoms with Gasteiger partial charge in [-0.25, -0.2) is 4.39 Å². The SMILES string of the molecule is Fc1cccc(Oc2ccc(CNC3CC3)c(Cl)c2)c1F. The minimum Gasteiger partial charge on any atom is -0.454 e. The fourth-order valence-corrected chi connectivity index (χ4v) is 2.20. The summed E-state index contributed by atoms with van der Waals surface area (Å²) in [6, 6.07) is 9.53. The Morgan fingerprint density at radius 1 is 1.19 bits per heavy atom.